The average molecular weight is 436 g/mol. The van der Waals surface area contributed by atoms with Gasteiger partial charge in [0.2, 0.25) is 5.91 Å². The van der Waals surface area contributed by atoms with E-state index < -0.39 is 0 Å². The standard InChI is InChI=1S/C24H25N3O3S/c1-14-7-10-16(11-8-14)22(28)27-24-26-21-17(5-4-6-20(21)31-24)23(29)25-18-13-15(2)9-12-19(18)30-3/h7-13,17H,4-6H2,1-3H3,(H,25,29)(H,26,27,28). The van der Waals surface area contributed by atoms with E-state index in [2.05, 4.69) is 15.6 Å². The molecule has 0 radical (unpaired) electrons. The summed E-state index contributed by atoms with van der Waals surface area (Å²) in [4.78, 5) is 31.4. The number of benzene rings is 2. The number of fused-ring (bicyclic) bond motifs is 1. The van der Waals surface area contributed by atoms with Crippen molar-refractivity contribution in [3.05, 3.63) is 69.7 Å². The summed E-state index contributed by atoms with van der Waals surface area (Å²) in [7, 11) is 1.59. The predicted molar refractivity (Wildman–Crippen MR) is 123 cm³/mol. The molecule has 160 valence electrons. The van der Waals surface area contributed by atoms with Crippen LogP contribution in [0.3, 0.4) is 0 Å². The second kappa shape index (κ2) is 8.89. The molecular formula is C24H25N3O3S. The molecule has 2 N–H and O–H groups in total. The molecule has 0 saturated heterocycles. The van der Waals surface area contributed by atoms with E-state index in [9.17, 15) is 9.59 Å². The molecular weight excluding hydrogens is 410 g/mol. The maximum Gasteiger partial charge on any atom is 0.257 e. The van der Waals surface area contributed by atoms with E-state index in [0.29, 0.717) is 22.1 Å². The van der Waals surface area contributed by atoms with Crippen molar-refractivity contribution in [1.29, 1.82) is 0 Å². The third kappa shape index (κ3) is 4.61. The summed E-state index contributed by atoms with van der Waals surface area (Å²) in [6, 6.07) is 13.1. The van der Waals surface area contributed by atoms with Crippen molar-refractivity contribution in [3.8, 4) is 5.75 Å². The van der Waals surface area contributed by atoms with Crippen LogP contribution in [0.2, 0.25) is 0 Å². The molecule has 1 heterocycles. The highest BCUT2D eigenvalue weighted by Gasteiger charge is 2.31. The fourth-order valence-corrected chi connectivity index (χ4v) is 4.80. The number of nitrogens with one attached hydrogen (secondary N) is 2. The van der Waals surface area contributed by atoms with Gasteiger partial charge < -0.3 is 10.1 Å². The largest absolute Gasteiger partial charge is 0.495 e. The first-order chi connectivity index (χ1) is 14.9. The SMILES string of the molecule is COc1ccc(C)cc1NC(=O)C1CCCc2sc(NC(=O)c3ccc(C)cc3)nc21. The number of anilines is 2. The fourth-order valence-electron chi connectivity index (χ4n) is 3.74. The van der Waals surface area contributed by atoms with E-state index in [1.54, 1.807) is 19.2 Å². The van der Waals surface area contributed by atoms with Gasteiger partial charge in [-0.2, -0.15) is 0 Å². The zero-order chi connectivity index (χ0) is 22.0. The van der Waals surface area contributed by atoms with Crippen LogP contribution < -0.4 is 15.4 Å². The molecule has 31 heavy (non-hydrogen) atoms. The van der Waals surface area contributed by atoms with Gasteiger partial charge >= 0.3 is 0 Å². The van der Waals surface area contributed by atoms with Gasteiger partial charge in [-0.25, -0.2) is 4.98 Å². The summed E-state index contributed by atoms with van der Waals surface area (Å²) in [5, 5.41) is 6.42. The lowest BCUT2D eigenvalue weighted by Gasteiger charge is -2.21. The molecule has 0 fully saturated rings. The Morgan fingerprint density at radius 1 is 1.06 bits per heavy atom. The Morgan fingerprint density at radius 3 is 2.55 bits per heavy atom. The molecule has 3 aromatic rings. The van der Waals surface area contributed by atoms with Gasteiger partial charge in [0, 0.05) is 10.4 Å². The second-order valence-corrected chi connectivity index (χ2v) is 8.87. The van der Waals surface area contributed by atoms with Crippen molar-refractivity contribution in [3.63, 3.8) is 0 Å². The third-order valence-corrected chi connectivity index (χ3v) is 6.46. The molecule has 0 bridgehead atoms. The van der Waals surface area contributed by atoms with Gasteiger partial charge in [-0.3, -0.25) is 14.9 Å². The van der Waals surface area contributed by atoms with E-state index in [0.717, 1.165) is 41.0 Å². The Kier molecular flexibility index (Phi) is 6.04. The molecule has 1 aromatic heterocycles. The highest BCUT2D eigenvalue weighted by Crippen LogP contribution is 2.38. The number of ether oxygens (including phenoxy) is 1. The van der Waals surface area contributed by atoms with Crippen LogP contribution in [0.4, 0.5) is 10.8 Å². The van der Waals surface area contributed by atoms with Crippen LogP contribution in [0.25, 0.3) is 0 Å². The number of carbonyl (C=O) groups is 2. The van der Waals surface area contributed by atoms with Crippen LogP contribution in [0.5, 0.6) is 5.75 Å². The summed E-state index contributed by atoms with van der Waals surface area (Å²) in [5.41, 5.74) is 4.14. The van der Waals surface area contributed by atoms with Crippen molar-refractivity contribution in [2.75, 3.05) is 17.7 Å². The van der Waals surface area contributed by atoms with Gasteiger partial charge in [0.25, 0.3) is 5.91 Å². The predicted octanol–water partition coefficient (Wildman–Crippen LogP) is 5.08. The first kappa shape index (κ1) is 21.1. The fraction of sp³-hybridized carbons (Fsp3) is 0.292. The van der Waals surface area contributed by atoms with E-state index >= 15 is 0 Å². The normalized spacial score (nSPS) is 15.1. The Labute approximate surface area is 185 Å². The minimum Gasteiger partial charge on any atom is -0.495 e. The molecule has 0 saturated carbocycles. The Hall–Kier alpha value is -3.19. The number of carbonyl (C=O) groups excluding carboxylic acids is 2. The number of methoxy groups -OCH3 is 1. The molecule has 2 amide bonds. The first-order valence-corrected chi connectivity index (χ1v) is 11.1. The number of thiazole rings is 1. The van der Waals surface area contributed by atoms with Gasteiger partial charge in [-0.1, -0.05) is 23.8 Å². The van der Waals surface area contributed by atoms with E-state index in [1.807, 2.05) is 44.2 Å². The summed E-state index contributed by atoms with van der Waals surface area (Å²) in [5.74, 6) is -0.0299. The topological polar surface area (TPSA) is 80.3 Å². The van der Waals surface area contributed by atoms with Crippen LogP contribution in [0.1, 0.15) is 50.8 Å². The molecule has 0 aliphatic heterocycles. The summed E-state index contributed by atoms with van der Waals surface area (Å²) in [6.07, 6.45) is 2.50. The van der Waals surface area contributed by atoms with Crippen molar-refractivity contribution < 1.29 is 14.3 Å². The maximum absolute atomic E-state index is 13.1. The van der Waals surface area contributed by atoms with Crippen molar-refractivity contribution >= 4 is 34.0 Å². The van der Waals surface area contributed by atoms with Gasteiger partial charge in [-0.05, 0) is 62.9 Å². The maximum atomic E-state index is 13.1. The van der Waals surface area contributed by atoms with Gasteiger partial charge in [0.05, 0.1) is 24.4 Å². The third-order valence-electron chi connectivity index (χ3n) is 5.42. The summed E-state index contributed by atoms with van der Waals surface area (Å²) >= 11 is 1.45. The summed E-state index contributed by atoms with van der Waals surface area (Å²) in [6.45, 7) is 3.95. The molecule has 4 rings (SSSR count). The van der Waals surface area contributed by atoms with Crippen LogP contribution in [-0.4, -0.2) is 23.9 Å². The molecule has 2 aromatic carbocycles. The van der Waals surface area contributed by atoms with Crippen molar-refractivity contribution in [2.24, 2.45) is 0 Å². The minimum absolute atomic E-state index is 0.105. The monoisotopic (exact) mass is 435 g/mol. The van der Waals surface area contributed by atoms with Crippen LogP contribution in [-0.2, 0) is 11.2 Å². The Balaban J connectivity index is 1.52. The smallest absolute Gasteiger partial charge is 0.257 e. The van der Waals surface area contributed by atoms with Gasteiger partial charge in [0.15, 0.2) is 5.13 Å². The molecule has 1 unspecified atom stereocenters. The van der Waals surface area contributed by atoms with Gasteiger partial charge in [-0.15, -0.1) is 11.3 Å². The number of rotatable bonds is 5. The quantitative estimate of drug-likeness (QED) is 0.586. The number of amides is 2. The van der Waals surface area contributed by atoms with Crippen molar-refractivity contribution in [1.82, 2.24) is 4.98 Å². The molecule has 7 heteroatoms. The molecule has 1 atom stereocenters. The Morgan fingerprint density at radius 2 is 1.81 bits per heavy atom. The van der Waals surface area contributed by atoms with Crippen LogP contribution >= 0.6 is 11.3 Å². The number of nitrogens with zero attached hydrogens (tertiary/aromatic N) is 1. The number of aryl methyl sites for hydroxylation is 3. The number of hydrogen-bond acceptors (Lipinski definition) is 5. The van der Waals surface area contributed by atoms with E-state index in [-0.39, 0.29) is 17.7 Å². The molecule has 0 spiro atoms. The van der Waals surface area contributed by atoms with Crippen molar-refractivity contribution in [2.45, 2.75) is 39.0 Å². The minimum atomic E-state index is -0.352. The number of aromatic nitrogens is 1. The number of hydrogen-bond donors (Lipinski definition) is 2. The lowest BCUT2D eigenvalue weighted by molar-refractivity contribution is -0.118. The van der Waals surface area contributed by atoms with Gasteiger partial charge in [0.1, 0.15) is 5.75 Å². The molecule has 1 aliphatic rings. The average Bonchev–Trinajstić information content (AvgIpc) is 3.16. The molecule has 1 aliphatic carbocycles. The highest BCUT2D eigenvalue weighted by atomic mass is 32.1. The van der Waals surface area contributed by atoms with E-state index in [4.69, 9.17) is 4.74 Å². The summed E-state index contributed by atoms with van der Waals surface area (Å²) < 4.78 is 5.38. The zero-order valence-corrected chi connectivity index (χ0v) is 18.6. The van der Waals surface area contributed by atoms with Crippen LogP contribution in [0.15, 0.2) is 42.5 Å². The molecule has 6 nitrogen and oxygen atoms in total. The van der Waals surface area contributed by atoms with Crippen LogP contribution in [0, 0.1) is 13.8 Å². The highest BCUT2D eigenvalue weighted by molar-refractivity contribution is 7.16. The Bertz CT molecular complexity index is 1120. The second-order valence-electron chi connectivity index (χ2n) is 7.79. The first-order valence-electron chi connectivity index (χ1n) is 10.3. The lowest BCUT2D eigenvalue weighted by Crippen LogP contribution is -2.25. The zero-order valence-electron chi connectivity index (χ0n) is 17.8. The van der Waals surface area contributed by atoms with E-state index in [1.165, 1.54) is 11.3 Å². The lowest BCUT2D eigenvalue weighted by atomic mass is 9.90.